The van der Waals surface area contributed by atoms with Crippen molar-refractivity contribution in [3.8, 4) is 0 Å². The van der Waals surface area contributed by atoms with Gasteiger partial charge >= 0.3 is 0 Å². The number of carbonyl (C=O) groups is 2. The van der Waals surface area contributed by atoms with Crippen molar-refractivity contribution in [3.05, 3.63) is 90.0 Å². The number of amides is 2. The van der Waals surface area contributed by atoms with Crippen LogP contribution in [0.4, 0.5) is 17.1 Å². The molecule has 0 spiro atoms. The molecule has 1 aliphatic carbocycles. The van der Waals surface area contributed by atoms with Crippen LogP contribution in [-0.2, 0) is 4.79 Å². The van der Waals surface area contributed by atoms with Gasteiger partial charge in [-0.3, -0.25) is 9.59 Å². The Hall–Kier alpha value is -3.60. The van der Waals surface area contributed by atoms with Gasteiger partial charge in [0.1, 0.15) is 0 Å². The van der Waals surface area contributed by atoms with Crippen LogP contribution in [0.25, 0.3) is 0 Å². The van der Waals surface area contributed by atoms with E-state index in [9.17, 15) is 9.59 Å². The van der Waals surface area contributed by atoms with E-state index in [1.165, 1.54) is 5.56 Å². The summed E-state index contributed by atoms with van der Waals surface area (Å²) in [4.78, 5) is 24.8. The Bertz CT molecular complexity index is 1060. The van der Waals surface area contributed by atoms with Gasteiger partial charge in [0.15, 0.2) is 0 Å². The van der Waals surface area contributed by atoms with Gasteiger partial charge in [-0.25, -0.2) is 0 Å². The van der Waals surface area contributed by atoms with E-state index in [0.717, 1.165) is 12.1 Å². The maximum Gasteiger partial charge on any atom is 0.255 e. The molecule has 0 heterocycles. The molecule has 1 saturated carbocycles. The SMILES string of the molecule is CC(Nc1ccc(NC(=O)c2cccc(NC(=O)C3CC3C)c2)cc1)c1ccccc1. The van der Waals surface area contributed by atoms with Gasteiger partial charge in [-0.1, -0.05) is 43.3 Å². The summed E-state index contributed by atoms with van der Waals surface area (Å²) in [6.07, 6.45) is 0.932. The smallest absolute Gasteiger partial charge is 0.255 e. The highest BCUT2D eigenvalue weighted by molar-refractivity contribution is 6.05. The van der Waals surface area contributed by atoms with Crippen LogP contribution >= 0.6 is 0 Å². The van der Waals surface area contributed by atoms with Crippen molar-refractivity contribution in [2.24, 2.45) is 11.8 Å². The van der Waals surface area contributed by atoms with Gasteiger partial charge in [0, 0.05) is 34.6 Å². The zero-order valence-electron chi connectivity index (χ0n) is 17.8. The lowest BCUT2D eigenvalue weighted by Crippen LogP contribution is -2.16. The number of carbonyl (C=O) groups excluding carboxylic acids is 2. The molecule has 0 saturated heterocycles. The largest absolute Gasteiger partial charge is 0.379 e. The van der Waals surface area contributed by atoms with Gasteiger partial charge in [-0.15, -0.1) is 0 Å². The summed E-state index contributed by atoms with van der Waals surface area (Å²) in [5.41, 5.74) is 4.05. The second-order valence-corrected chi connectivity index (χ2v) is 8.20. The summed E-state index contributed by atoms with van der Waals surface area (Å²) in [7, 11) is 0. The first-order valence-corrected chi connectivity index (χ1v) is 10.6. The molecule has 1 aliphatic rings. The fourth-order valence-electron chi connectivity index (χ4n) is 3.59. The first kappa shape index (κ1) is 20.7. The lowest BCUT2D eigenvalue weighted by molar-refractivity contribution is -0.117. The van der Waals surface area contributed by atoms with E-state index in [2.05, 4.69) is 41.9 Å². The Morgan fingerprint density at radius 2 is 1.52 bits per heavy atom. The van der Waals surface area contributed by atoms with E-state index >= 15 is 0 Å². The Kier molecular flexibility index (Phi) is 6.03. The summed E-state index contributed by atoms with van der Waals surface area (Å²) in [6.45, 7) is 4.18. The average molecular weight is 414 g/mol. The molecule has 4 rings (SSSR count). The van der Waals surface area contributed by atoms with E-state index in [0.29, 0.717) is 22.9 Å². The van der Waals surface area contributed by atoms with E-state index in [1.807, 2.05) is 42.5 Å². The number of hydrogen-bond acceptors (Lipinski definition) is 3. The third-order valence-corrected chi connectivity index (χ3v) is 5.66. The summed E-state index contributed by atoms with van der Waals surface area (Å²) in [6, 6.07) is 25.1. The van der Waals surface area contributed by atoms with Crippen LogP contribution in [0.2, 0.25) is 0 Å². The van der Waals surface area contributed by atoms with Gasteiger partial charge in [0.25, 0.3) is 5.91 Å². The van der Waals surface area contributed by atoms with Gasteiger partial charge in [0.05, 0.1) is 0 Å². The minimum atomic E-state index is -0.214. The van der Waals surface area contributed by atoms with Crippen molar-refractivity contribution in [3.63, 3.8) is 0 Å². The highest BCUT2D eigenvalue weighted by Crippen LogP contribution is 2.38. The van der Waals surface area contributed by atoms with Crippen molar-refractivity contribution in [2.75, 3.05) is 16.0 Å². The van der Waals surface area contributed by atoms with Crippen LogP contribution in [0.15, 0.2) is 78.9 Å². The molecule has 5 heteroatoms. The van der Waals surface area contributed by atoms with Gasteiger partial charge in [0.2, 0.25) is 5.91 Å². The number of anilines is 3. The number of hydrogen-bond donors (Lipinski definition) is 3. The fraction of sp³-hybridized carbons (Fsp3) is 0.231. The van der Waals surface area contributed by atoms with E-state index in [4.69, 9.17) is 0 Å². The predicted molar refractivity (Wildman–Crippen MR) is 125 cm³/mol. The van der Waals surface area contributed by atoms with Crippen LogP contribution in [-0.4, -0.2) is 11.8 Å². The minimum Gasteiger partial charge on any atom is -0.379 e. The molecule has 31 heavy (non-hydrogen) atoms. The molecule has 3 aromatic rings. The topological polar surface area (TPSA) is 70.2 Å². The average Bonchev–Trinajstić information content (AvgIpc) is 3.52. The Morgan fingerprint density at radius 1 is 0.839 bits per heavy atom. The van der Waals surface area contributed by atoms with Crippen molar-refractivity contribution in [2.45, 2.75) is 26.3 Å². The zero-order chi connectivity index (χ0) is 21.8. The highest BCUT2D eigenvalue weighted by Gasteiger charge is 2.39. The highest BCUT2D eigenvalue weighted by atomic mass is 16.2. The van der Waals surface area contributed by atoms with Crippen LogP contribution in [0.3, 0.4) is 0 Å². The summed E-state index contributed by atoms with van der Waals surface area (Å²) in [5, 5.41) is 9.28. The third-order valence-electron chi connectivity index (χ3n) is 5.66. The molecule has 3 N–H and O–H groups in total. The van der Waals surface area contributed by atoms with E-state index < -0.39 is 0 Å². The molecule has 3 unspecified atom stereocenters. The maximum atomic E-state index is 12.7. The van der Waals surface area contributed by atoms with Crippen molar-refractivity contribution in [1.82, 2.24) is 0 Å². The predicted octanol–water partition coefficient (Wildman–Crippen LogP) is 5.71. The summed E-state index contributed by atoms with van der Waals surface area (Å²) >= 11 is 0. The second kappa shape index (κ2) is 9.04. The molecule has 2 amide bonds. The van der Waals surface area contributed by atoms with Crippen LogP contribution < -0.4 is 16.0 Å². The van der Waals surface area contributed by atoms with Crippen molar-refractivity contribution in [1.29, 1.82) is 0 Å². The third kappa shape index (κ3) is 5.31. The second-order valence-electron chi connectivity index (χ2n) is 8.20. The molecule has 3 aromatic carbocycles. The quantitative estimate of drug-likeness (QED) is 0.465. The normalized spacial score (nSPS) is 18.0. The molecule has 5 nitrogen and oxygen atoms in total. The Morgan fingerprint density at radius 3 is 2.19 bits per heavy atom. The monoisotopic (exact) mass is 413 g/mol. The molecular weight excluding hydrogens is 386 g/mol. The van der Waals surface area contributed by atoms with Gasteiger partial charge in [-0.05, 0) is 67.3 Å². The lowest BCUT2D eigenvalue weighted by Gasteiger charge is -2.16. The number of benzene rings is 3. The van der Waals surface area contributed by atoms with Crippen molar-refractivity contribution < 1.29 is 9.59 Å². The van der Waals surface area contributed by atoms with E-state index in [-0.39, 0.29) is 23.8 Å². The first-order valence-electron chi connectivity index (χ1n) is 10.6. The Balaban J connectivity index is 1.35. The molecule has 158 valence electrons. The Labute approximate surface area is 182 Å². The summed E-state index contributed by atoms with van der Waals surface area (Å²) in [5.74, 6) is 0.348. The van der Waals surface area contributed by atoms with Crippen molar-refractivity contribution >= 4 is 28.9 Å². The molecule has 3 atom stereocenters. The molecule has 0 aliphatic heterocycles. The molecule has 1 fully saturated rings. The van der Waals surface area contributed by atoms with Crippen LogP contribution in [0.5, 0.6) is 0 Å². The zero-order valence-corrected chi connectivity index (χ0v) is 17.8. The minimum absolute atomic E-state index is 0.0258. The number of rotatable bonds is 7. The molecular formula is C26H27N3O2. The van der Waals surface area contributed by atoms with Crippen LogP contribution in [0.1, 0.15) is 42.2 Å². The standard InChI is InChI=1S/C26H27N3O2/c1-17-15-24(17)26(31)29-23-10-6-9-20(16-23)25(30)28-22-13-11-21(12-14-22)27-18(2)19-7-4-3-5-8-19/h3-14,16-18,24,27H,15H2,1-2H3,(H,28,30)(H,29,31). The van der Waals surface area contributed by atoms with Gasteiger partial charge < -0.3 is 16.0 Å². The molecule has 0 bridgehead atoms. The first-order chi connectivity index (χ1) is 15.0. The van der Waals surface area contributed by atoms with Gasteiger partial charge in [-0.2, -0.15) is 0 Å². The lowest BCUT2D eigenvalue weighted by atomic mass is 10.1. The molecule has 0 aromatic heterocycles. The summed E-state index contributed by atoms with van der Waals surface area (Å²) < 4.78 is 0. The fourth-order valence-corrected chi connectivity index (χ4v) is 3.59. The molecule has 0 radical (unpaired) electrons. The maximum absolute atomic E-state index is 12.7. The van der Waals surface area contributed by atoms with Crippen LogP contribution in [0, 0.1) is 11.8 Å². The van der Waals surface area contributed by atoms with E-state index in [1.54, 1.807) is 24.3 Å². The number of nitrogens with one attached hydrogen (secondary N) is 3.